The Hall–Kier alpha value is -4.37. The average Bonchev–Trinajstić information content (AvgIpc) is 2.96. The van der Waals surface area contributed by atoms with Gasteiger partial charge in [-0.1, -0.05) is 30.3 Å². The van der Waals surface area contributed by atoms with Gasteiger partial charge in [-0.3, -0.25) is 9.69 Å². The van der Waals surface area contributed by atoms with Crippen LogP contribution in [-0.4, -0.2) is 68.2 Å². The van der Waals surface area contributed by atoms with Gasteiger partial charge in [0, 0.05) is 31.6 Å². The highest BCUT2D eigenvalue weighted by atomic mass is 16.5. The van der Waals surface area contributed by atoms with Crippen LogP contribution in [0.5, 0.6) is 11.5 Å². The van der Waals surface area contributed by atoms with E-state index in [1.165, 1.54) is 0 Å². The molecule has 1 amide bonds. The number of piperazine rings is 1. The molecule has 2 aliphatic heterocycles. The number of methoxy groups -OCH3 is 2. The van der Waals surface area contributed by atoms with Crippen molar-refractivity contribution in [3.63, 3.8) is 0 Å². The maximum absolute atomic E-state index is 13.2. The first-order chi connectivity index (χ1) is 18.6. The number of likely N-dealkylation sites (N-methyl/N-ethyl adjacent to an activating group) is 1. The summed E-state index contributed by atoms with van der Waals surface area (Å²) >= 11 is 0. The van der Waals surface area contributed by atoms with Crippen molar-refractivity contribution in [1.82, 2.24) is 20.2 Å². The number of carbonyl (C=O) groups excluding carboxylic acids is 1. The van der Waals surface area contributed by atoms with Crippen LogP contribution in [0.15, 0.2) is 66.7 Å². The van der Waals surface area contributed by atoms with Crippen molar-refractivity contribution in [2.24, 2.45) is 0 Å². The molecule has 1 fully saturated rings. The van der Waals surface area contributed by atoms with Crippen LogP contribution < -0.4 is 24.6 Å². The van der Waals surface area contributed by atoms with Gasteiger partial charge < -0.3 is 24.6 Å². The fraction of sp³-hybridized carbons (Fsp3) is 0.276. The second-order valence-corrected chi connectivity index (χ2v) is 9.53. The average molecular weight is 511 g/mol. The third-order valence-electron chi connectivity index (χ3n) is 7.25. The van der Waals surface area contributed by atoms with Gasteiger partial charge in [0.15, 0.2) is 11.5 Å². The Morgan fingerprint density at radius 3 is 2.39 bits per heavy atom. The molecular formula is C29H30N6O3. The number of hydrogen-bond acceptors (Lipinski definition) is 8. The molecule has 1 unspecified atom stereocenters. The molecule has 3 heterocycles. The van der Waals surface area contributed by atoms with Crippen LogP contribution in [0.2, 0.25) is 0 Å². The minimum atomic E-state index is -0.557. The minimum Gasteiger partial charge on any atom is -0.493 e. The van der Waals surface area contributed by atoms with E-state index in [1.807, 2.05) is 65.6 Å². The van der Waals surface area contributed by atoms with Crippen molar-refractivity contribution in [2.75, 3.05) is 57.2 Å². The Bertz CT molecular complexity index is 1500. The molecule has 4 aromatic rings. The third-order valence-corrected chi connectivity index (χ3v) is 7.25. The molecule has 1 saturated heterocycles. The van der Waals surface area contributed by atoms with Crippen molar-refractivity contribution >= 4 is 34.3 Å². The number of carbonyl (C=O) groups is 1. The first-order valence-corrected chi connectivity index (χ1v) is 12.7. The van der Waals surface area contributed by atoms with Gasteiger partial charge >= 0.3 is 0 Å². The summed E-state index contributed by atoms with van der Waals surface area (Å²) in [6.45, 7) is 3.68. The highest BCUT2D eigenvalue weighted by Gasteiger charge is 2.35. The molecule has 1 N–H and O–H groups in total. The van der Waals surface area contributed by atoms with Crippen LogP contribution in [0.4, 0.5) is 17.5 Å². The van der Waals surface area contributed by atoms with E-state index in [0.717, 1.165) is 54.2 Å². The quantitative estimate of drug-likeness (QED) is 0.432. The van der Waals surface area contributed by atoms with E-state index in [9.17, 15) is 4.79 Å². The molecule has 1 atom stereocenters. The molecule has 0 spiro atoms. The summed E-state index contributed by atoms with van der Waals surface area (Å²) in [4.78, 5) is 30.1. The number of anilines is 3. The Morgan fingerprint density at radius 1 is 0.868 bits per heavy atom. The zero-order valence-electron chi connectivity index (χ0n) is 21.7. The second-order valence-electron chi connectivity index (χ2n) is 9.53. The number of nitrogens with zero attached hydrogens (tertiary/aromatic N) is 5. The predicted molar refractivity (Wildman–Crippen MR) is 148 cm³/mol. The highest BCUT2D eigenvalue weighted by Crippen LogP contribution is 2.41. The minimum absolute atomic E-state index is 0.156. The summed E-state index contributed by atoms with van der Waals surface area (Å²) in [5.74, 6) is 2.46. The SMILES string of the molecule is COc1ccc(C2NC(=O)c3ccccc3N2c2nc(N3CCN(C)CC3)c3ccccc3n2)cc1OC. The summed E-state index contributed by atoms with van der Waals surface area (Å²) in [6.07, 6.45) is -0.557. The summed E-state index contributed by atoms with van der Waals surface area (Å²) in [5.41, 5.74) is 2.99. The van der Waals surface area contributed by atoms with Crippen molar-refractivity contribution in [3.8, 4) is 11.5 Å². The van der Waals surface area contributed by atoms with Gasteiger partial charge in [-0.15, -0.1) is 0 Å². The van der Waals surface area contributed by atoms with Crippen LogP contribution >= 0.6 is 0 Å². The smallest absolute Gasteiger partial charge is 0.255 e. The monoisotopic (exact) mass is 510 g/mol. The molecule has 2 aliphatic rings. The Kier molecular flexibility index (Phi) is 6.21. The van der Waals surface area contributed by atoms with Gasteiger partial charge in [0.2, 0.25) is 5.95 Å². The number of ether oxygens (including phenoxy) is 2. The molecule has 0 bridgehead atoms. The molecule has 9 nitrogen and oxygen atoms in total. The molecule has 194 valence electrons. The predicted octanol–water partition coefficient (Wildman–Crippen LogP) is 3.98. The summed E-state index contributed by atoms with van der Waals surface area (Å²) in [5, 5.41) is 4.18. The lowest BCUT2D eigenvalue weighted by atomic mass is 10.0. The molecule has 0 aliphatic carbocycles. The lowest BCUT2D eigenvalue weighted by molar-refractivity contribution is 0.0929. The lowest BCUT2D eigenvalue weighted by Gasteiger charge is -2.39. The normalized spacial score (nSPS) is 17.8. The van der Waals surface area contributed by atoms with Gasteiger partial charge in [-0.05, 0) is 49.0 Å². The van der Waals surface area contributed by atoms with Crippen LogP contribution in [0.3, 0.4) is 0 Å². The van der Waals surface area contributed by atoms with Crippen molar-refractivity contribution < 1.29 is 14.3 Å². The van der Waals surface area contributed by atoms with Crippen LogP contribution in [0.25, 0.3) is 10.9 Å². The van der Waals surface area contributed by atoms with Gasteiger partial charge in [0.25, 0.3) is 5.91 Å². The van der Waals surface area contributed by atoms with Crippen LogP contribution in [0.1, 0.15) is 22.1 Å². The van der Waals surface area contributed by atoms with E-state index in [1.54, 1.807) is 14.2 Å². The maximum Gasteiger partial charge on any atom is 0.255 e. The lowest BCUT2D eigenvalue weighted by Crippen LogP contribution is -2.46. The van der Waals surface area contributed by atoms with Gasteiger partial charge in [-0.2, -0.15) is 4.98 Å². The highest BCUT2D eigenvalue weighted by molar-refractivity contribution is 6.03. The largest absolute Gasteiger partial charge is 0.493 e. The summed E-state index contributed by atoms with van der Waals surface area (Å²) in [6, 6.07) is 21.3. The Labute approximate surface area is 221 Å². The number of amides is 1. The topological polar surface area (TPSA) is 83.1 Å². The molecule has 1 aromatic heterocycles. The maximum atomic E-state index is 13.2. The van der Waals surface area contributed by atoms with E-state index in [0.29, 0.717) is 23.0 Å². The van der Waals surface area contributed by atoms with Crippen molar-refractivity contribution in [2.45, 2.75) is 6.17 Å². The number of benzene rings is 3. The number of aromatic nitrogens is 2. The van der Waals surface area contributed by atoms with E-state index < -0.39 is 6.17 Å². The second kappa shape index (κ2) is 9.83. The van der Waals surface area contributed by atoms with E-state index in [4.69, 9.17) is 19.4 Å². The van der Waals surface area contributed by atoms with E-state index in [2.05, 4.69) is 28.2 Å². The van der Waals surface area contributed by atoms with Crippen LogP contribution in [0, 0.1) is 0 Å². The number of rotatable bonds is 5. The molecule has 6 rings (SSSR count). The first kappa shape index (κ1) is 24.0. The van der Waals surface area contributed by atoms with Gasteiger partial charge in [-0.25, -0.2) is 4.98 Å². The molecule has 3 aromatic carbocycles. The van der Waals surface area contributed by atoms with E-state index in [-0.39, 0.29) is 5.91 Å². The van der Waals surface area contributed by atoms with Gasteiger partial charge in [0.05, 0.1) is 31.0 Å². The first-order valence-electron chi connectivity index (χ1n) is 12.7. The number of fused-ring (bicyclic) bond motifs is 2. The molecule has 9 heteroatoms. The zero-order valence-corrected chi connectivity index (χ0v) is 21.7. The fourth-order valence-corrected chi connectivity index (χ4v) is 5.17. The van der Waals surface area contributed by atoms with Gasteiger partial charge in [0.1, 0.15) is 12.0 Å². The molecule has 38 heavy (non-hydrogen) atoms. The van der Waals surface area contributed by atoms with Crippen LogP contribution in [-0.2, 0) is 0 Å². The van der Waals surface area contributed by atoms with E-state index >= 15 is 0 Å². The third kappa shape index (κ3) is 4.14. The molecular weight excluding hydrogens is 480 g/mol. The fourth-order valence-electron chi connectivity index (χ4n) is 5.17. The molecule has 0 radical (unpaired) electrons. The number of para-hydroxylation sites is 2. The standard InChI is InChI=1S/C29H30N6O3/c1-33-14-16-34(17-15-33)27-20-8-4-6-10-22(20)30-29(32-27)35-23-11-7-5-9-21(23)28(36)31-26(35)19-12-13-24(37-2)25(18-19)38-3/h4-13,18,26H,14-17H2,1-3H3,(H,31,36). The number of nitrogens with one attached hydrogen (secondary N) is 1. The van der Waals surface area contributed by atoms with Crippen molar-refractivity contribution in [1.29, 1.82) is 0 Å². The van der Waals surface area contributed by atoms with Crippen molar-refractivity contribution in [3.05, 3.63) is 77.9 Å². The Morgan fingerprint density at radius 2 is 1.61 bits per heavy atom. The molecule has 0 saturated carbocycles. The number of hydrogen-bond donors (Lipinski definition) is 1. The summed E-state index contributed by atoms with van der Waals surface area (Å²) in [7, 11) is 5.34. The summed E-state index contributed by atoms with van der Waals surface area (Å²) < 4.78 is 11.0. The Balaban J connectivity index is 1.54. The zero-order chi connectivity index (χ0) is 26.2.